The van der Waals surface area contributed by atoms with Gasteiger partial charge in [-0.25, -0.2) is 4.79 Å². The molecule has 2 atom stereocenters. The van der Waals surface area contributed by atoms with Gasteiger partial charge in [0.2, 0.25) is 5.89 Å². The lowest BCUT2D eigenvalue weighted by Crippen LogP contribution is -2.49. The number of urea groups is 1. The van der Waals surface area contributed by atoms with E-state index in [1.54, 1.807) is 6.92 Å². The first-order valence-corrected chi connectivity index (χ1v) is 6.90. The van der Waals surface area contributed by atoms with E-state index in [-0.39, 0.29) is 6.03 Å². The summed E-state index contributed by atoms with van der Waals surface area (Å²) in [6, 6.07) is 0.324. The monoisotopic (exact) mass is 266 g/mol. The Kier molecular flexibility index (Phi) is 4.39. The Hall–Kier alpha value is -1.59. The molecule has 1 fully saturated rings. The highest BCUT2D eigenvalue weighted by Crippen LogP contribution is 2.21. The smallest absolute Gasteiger partial charge is 0.317 e. The van der Waals surface area contributed by atoms with Crippen LogP contribution in [0.2, 0.25) is 0 Å². The molecule has 1 aliphatic rings. The number of rotatable bonds is 3. The Labute approximate surface area is 113 Å². The van der Waals surface area contributed by atoms with Gasteiger partial charge in [0, 0.05) is 25.6 Å². The van der Waals surface area contributed by atoms with E-state index in [0.29, 0.717) is 36.6 Å². The summed E-state index contributed by atoms with van der Waals surface area (Å²) in [4.78, 5) is 18.1. The molecule has 106 valence electrons. The predicted octanol–water partition coefficient (Wildman–Crippen LogP) is 1.75. The normalized spacial score (nSPS) is 23.4. The lowest BCUT2D eigenvalue weighted by Gasteiger charge is -2.36. The van der Waals surface area contributed by atoms with Crippen LogP contribution in [0.15, 0.2) is 4.52 Å². The van der Waals surface area contributed by atoms with Gasteiger partial charge >= 0.3 is 6.03 Å². The van der Waals surface area contributed by atoms with Crippen LogP contribution < -0.4 is 5.32 Å². The Morgan fingerprint density at radius 3 is 2.95 bits per heavy atom. The van der Waals surface area contributed by atoms with Gasteiger partial charge in [-0.1, -0.05) is 12.1 Å². The second-order valence-corrected chi connectivity index (χ2v) is 5.39. The zero-order valence-corrected chi connectivity index (χ0v) is 11.8. The molecule has 0 saturated carbocycles. The average molecular weight is 266 g/mol. The molecule has 19 heavy (non-hydrogen) atoms. The topological polar surface area (TPSA) is 71.3 Å². The Balaban J connectivity index is 1.75. The Morgan fingerprint density at radius 1 is 1.53 bits per heavy atom. The number of amides is 2. The zero-order valence-electron chi connectivity index (χ0n) is 11.8. The number of likely N-dealkylation sites (tertiary alicyclic amines) is 1. The molecule has 6 nitrogen and oxygen atoms in total. The first-order chi connectivity index (χ1) is 9.06. The number of carbonyl (C=O) groups excluding carboxylic acids is 1. The van der Waals surface area contributed by atoms with Crippen molar-refractivity contribution in [3.63, 3.8) is 0 Å². The lowest BCUT2D eigenvalue weighted by molar-refractivity contribution is 0.139. The molecule has 6 heteroatoms. The van der Waals surface area contributed by atoms with Gasteiger partial charge in [0.15, 0.2) is 5.82 Å². The summed E-state index contributed by atoms with van der Waals surface area (Å²) in [5.41, 5.74) is 0. The third-order valence-electron chi connectivity index (χ3n) is 3.58. The van der Waals surface area contributed by atoms with Crippen LogP contribution in [0.5, 0.6) is 0 Å². The Bertz CT molecular complexity index is 432. The summed E-state index contributed by atoms with van der Waals surface area (Å²) in [5.74, 6) is 1.90. The van der Waals surface area contributed by atoms with Crippen LogP contribution in [-0.4, -0.2) is 40.2 Å². The van der Waals surface area contributed by atoms with Gasteiger partial charge in [-0.15, -0.1) is 0 Å². The molecule has 0 spiro atoms. The zero-order chi connectivity index (χ0) is 13.8. The highest BCUT2D eigenvalue weighted by molar-refractivity contribution is 5.74. The SMILES string of the molecule is Cc1noc(CCNC(=O)N2CC[C@@H](C)C[C@H]2C)n1. The predicted molar refractivity (Wildman–Crippen MR) is 70.7 cm³/mol. The second-order valence-electron chi connectivity index (χ2n) is 5.39. The fourth-order valence-corrected chi connectivity index (χ4v) is 2.53. The molecule has 2 rings (SSSR count). The number of hydrogen-bond acceptors (Lipinski definition) is 4. The average Bonchev–Trinajstić information content (AvgIpc) is 2.75. The van der Waals surface area contributed by atoms with Crippen molar-refractivity contribution in [2.75, 3.05) is 13.1 Å². The fourth-order valence-electron chi connectivity index (χ4n) is 2.53. The van der Waals surface area contributed by atoms with E-state index in [9.17, 15) is 4.79 Å². The van der Waals surface area contributed by atoms with Crippen LogP contribution in [0.1, 0.15) is 38.4 Å². The molecular weight excluding hydrogens is 244 g/mol. The highest BCUT2D eigenvalue weighted by atomic mass is 16.5. The quantitative estimate of drug-likeness (QED) is 0.904. The second kappa shape index (κ2) is 6.04. The van der Waals surface area contributed by atoms with Gasteiger partial charge in [-0.3, -0.25) is 0 Å². The van der Waals surface area contributed by atoms with E-state index >= 15 is 0 Å². The molecule has 2 heterocycles. The molecule has 1 aromatic rings. The van der Waals surface area contributed by atoms with Gasteiger partial charge in [0.05, 0.1) is 0 Å². The van der Waals surface area contributed by atoms with Gasteiger partial charge < -0.3 is 14.7 Å². The number of hydrogen-bond donors (Lipinski definition) is 1. The van der Waals surface area contributed by atoms with Crippen molar-refractivity contribution >= 4 is 6.03 Å². The molecule has 0 unspecified atom stereocenters. The van der Waals surface area contributed by atoms with E-state index < -0.39 is 0 Å². The van der Waals surface area contributed by atoms with Gasteiger partial charge in [-0.2, -0.15) is 4.98 Å². The van der Waals surface area contributed by atoms with Gasteiger partial charge in [-0.05, 0) is 32.6 Å². The molecule has 0 bridgehead atoms. The maximum atomic E-state index is 12.1. The molecule has 0 radical (unpaired) electrons. The van der Waals surface area contributed by atoms with E-state index in [4.69, 9.17) is 4.52 Å². The van der Waals surface area contributed by atoms with Gasteiger partial charge in [0.25, 0.3) is 0 Å². The summed E-state index contributed by atoms with van der Waals surface area (Å²) < 4.78 is 5.00. The van der Waals surface area contributed by atoms with Crippen LogP contribution in [0.3, 0.4) is 0 Å². The summed E-state index contributed by atoms with van der Waals surface area (Å²) in [6.07, 6.45) is 2.74. The summed E-state index contributed by atoms with van der Waals surface area (Å²) in [7, 11) is 0. The van der Waals surface area contributed by atoms with Gasteiger partial charge in [0.1, 0.15) is 0 Å². The molecule has 1 saturated heterocycles. The van der Waals surface area contributed by atoms with Crippen molar-refractivity contribution < 1.29 is 9.32 Å². The van der Waals surface area contributed by atoms with E-state index in [1.807, 2.05) is 4.90 Å². The number of carbonyl (C=O) groups is 1. The minimum atomic E-state index is 0.00985. The largest absolute Gasteiger partial charge is 0.339 e. The van der Waals surface area contributed by atoms with E-state index in [2.05, 4.69) is 29.3 Å². The van der Waals surface area contributed by atoms with Crippen LogP contribution in [0.4, 0.5) is 4.79 Å². The highest BCUT2D eigenvalue weighted by Gasteiger charge is 2.26. The molecule has 1 aromatic heterocycles. The summed E-state index contributed by atoms with van der Waals surface area (Å²) in [6.45, 7) is 7.50. The minimum absolute atomic E-state index is 0.00985. The fraction of sp³-hybridized carbons (Fsp3) is 0.769. The number of nitrogens with one attached hydrogen (secondary N) is 1. The first-order valence-electron chi connectivity index (χ1n) is 6.90. The molecule has 1 aliphatic heterocycles. The van der Waals surface area contributed by atoms with Crippen molar-refractivity contribution in [2.24, 2.45) is 5.92 Å². The van der Waals surface area contributed by atoms with Crippen LogP contribution in [0.25, 0.3) is 0 Å². The van der Waals surface area contributed by atoms with Crippen LogP contribution in [-0.2, 0) is 6.42 Å². The van der Waals surface area contributed by atoms with Crippen molar-refractivity contribution in [3.8, 4) is 0 Å². The van der Waals surface area contributed by atoms with Crippen molar-refractivity contribution in [2.45, 2.75) is 46.1 Å². The lowest BCUT2D eigenvalue weighted by atomic mass is 9.94. The Morgan fingerprint density at radius 2 is 2.32 bits per heavy atom. The molecule has 2 amide bonds. The van der Waals surface area contributed by atoms with Crippen LogP contribution >= 0.6 is 0 Å². The maximum absolute atomic E-state index is 12.1. The van der Waals surface area contributed by atoms with E-state index in [1.165, 1.54) is 0 Å². The molecular formula is C13H22N4O2. The van der Waals surface area contributed by atoms with Crippen molar-refractivity contribution in [1.82, 2.24) is 20.4 Å². The van der Waals surface area contributed by atoms with Crippen molar-refractivity contribution in [1.29, 1.82) is 0 Å². The maximum Gasteiger partial charge on any atom is 0.317 e. The first kappa shape index (κ1) is 13.8. The minimum Gasteiger partial charge on any atom is -0.339 e. The number of aryl methyl sites for hydroxylation is 1. The third-order valence-corrected chi connectivity index (χ3v) is 3.58. The van der Waals surface area contributed by atoms with E-state index in [0.717, 1.165) is 19.4 Å². The number of aromatic nitrogens is 2. The molecule has 0 aliphatic carbocycles. The van der Waals surface area contributed by atoms with Crippen LogP contribution in [0, 0.1) is 12.8 Å². The molecule has 0 aromatic carbocycles. The summed E-state index contributed by atoms with van der Waals surface area (Å²) in [5, 5.41) is 6.63. The van der Waals surface area contributed by atoms with Crippen molar-refractivity contribution in [3.05, 3.63) is 11.7 Å². The third kappa shape index (κ3) is 3.68. The standard InChI is InChI=1S/C13H22N4O2/c1-9-5-7-17(10(2)8-9)13(18)14-6-4-12-15-11(3)16-19-12/h9-10H,4-8H2,1-3H3,(H,14,18)/t9-,10-/m1/s1. The molecule has 1 N–H and O–H groups in total. The summed E-state index contributed by atoms with van der Waals surface area (Å²) >= 11 is 0. The number of nitrogens with zero attached hydrogens (tertiary/aromatic N) is 3. The number of piperidine rings is 1.